The number of hydrogen-bond acceptors (Lipinski definition) is 3. The van der Waals surface area contributed by atoms with Gasteiger partial charge in [-0.1, -0.05) is 6.42 Å². The molecule has 0 saturated carbocycles. The summed E-state index contributed by atoms with van der Waals surface area (Å²) in [6, 6.07) is 3.65. The van der Waals surface area contributed by atoms with Crippen LogP contribution in [-0.4, -0.2) is 22.6 Å². The lowest BCUT2D eigenvalue weighted by molar-refractivity contribution is 0.435. The second-order valence-corrected chi connectivity index (χ2v) is 5.15. The Bertz CT molecular complexity index is 742. The first-order valence-corrected chi connectivity index (χ1v) is 6.81. The molecule has 1 aliphatic rings. The Balaban J connectivity index is 2.19. The first-order chi connectivity index (χ1) is 9.66. The third kappa shape index (κ3) is 2.27. The van der Waals surface area contributed by atoms with Crippen LogP contribution in [0.25, 0.3) is 10.9 Å². The summed E-state index contributed by atoms with van der Waals surface area (Å²) in [6.07, 6.45) is 2.77. The normalized spacial score (nSPS) is 19.9. The Labute approximate surface area is 114 Å². The molecule has 2 N–H and O–H groups in total. The number of H-pyrrole nitrogens is 1. The molecule has 1 saturated heterocycles. The van der Waals surface area contributed by atoms with Crippen LogP contribution in [0.3, 0.4) is 0 Å². The first kappa shape index (κ1) is 13.1. The molecule has 0 aliphatic carbocycles. The number of aromatic nitrogens is 2. The Morgan fingerprint density at radius 1 is 1.25 bits per heavy atom. The van der Waals surface area contributed by atoms with Crippen molar-refractivity contribution in [2.75, 3.05) is 13.1 Å². The number of aromatic amines is 1. The summed E-state index contributed by atoms with van der Waals surface area (Å²) in [6.45, 7) is 1.48. The van der Waals surface area contributed by atoms with Gasteiger partial charge in [0.15, 0.2) is 0 Å². The van der Waals surface area contributed by atoms with E-state index in [2.05, 4.69) is 10.3 Å². The predicted molar refractivity (Wildman–Crippen MR) is 74.5 cm³/mol. The fourth-order valence-electron chi connectivity index (χ4n) is 2.75. The molecule has 5 nitrogen and oxygen atoms in total. The number of benzene rings is 1. The van der Waals surface area contributed by atoms with Crippen LogP contribution in [0.1, 0.15) is 25.3 Å². The molecule has 1 aromatic carbocycles. The standard InChI is InChI=1S/C14H16FN3O2/c15-9-4-5-12-11(7-9)13(19)18(14(20)17-12)10-3-1-2-6-16-8-10/h4-5,7,10,16H,1-3,6,8H2,(H,17,20). The smallest absolute Gasteiger partial charge is 0.315 e. The van der Waals surface area contributed by atoms with Crippen molar-refractivity contribution >= 4 is 10.9 Å². The minimum Gasteiger partial charge on any atom is -0.315 e. The minimum atomic E-state index is -0.479. The molecule has 0 radical (unpaired) electrons. The Morgan fingerprint density at radius 2 is 2.10 bits per heavy atom. The first-order valence-electron chi connectivity index (χ1n) is 6.81. The van der Waals surface area contributed by atoms with Crippen LogP contribution >= 0.6 is 0 Å². The number of hydrogen-bond donors (Lipinski definition) is 2. The molecule has 1 aliphatic heterocycles. The molecule has 1 fully saturated rings. The summed E-state index contributed by atoms with van der Waals surface area (Å²) < 4.78 is 14.5. The maximum Gasteiger partial charge on any atom is 0.329 e. The topological polar surface area (TPSA) is 66.9 Å². The molecule has 6 heteroatoms. The van der Waals surface area contributed by atoms with E-state index < -0.39 is 17.1 Å². The van der Waals surface area contributed by atoms with Crippen LogP contribution in [0.15, 0.2) is 27.8 Å². The van der Waals surface area contributed by atoms with E-state index in [-0.39, 0.29) is 11.4 Å². The minimum absolute atomic E-state index is 0.179. The molecule has 2 aromatic rings. The molecule has 0 spiro atoms. The van der Waals surface area contributed by atoms with Crippen LogP contribution in [-0.2, 0) is 0 Å². The van der Waals surface area contributed by atoms with Gasteiger partial charge in [0.1, 0.15) is 5.82 Å². The zero-order valence-corrected chi connectivity index (χ0v) is 11.0. The van der Waals surface area contributed by atoms with E-state index in [1.807, 2.05) is 0 Å². The van der Waals surface area contributed by atoms with Crippen molar-refractivity contribution in [3.63, 3.8) is 0 Å². The highest BCUT2D eigenvalue weighted by Crippen LogP contribution is 2.15. The molecule has 0 amide bonds. The van der Waals surface area contributed by atoms with Gasteiger partial charge in [0, 0.05) is 6.54 Å². The summed E-state index contributed by atoms with van der Waals surface area (Å²) >= 11 is 0. The SMILES string of the molecule is O=c1[nH]c2ccc(F)cc2c(=O)n1C1CCCCNC1. The van der Waals surface area contributed by atoms with Crippen molar-refractivity contribution in [2.24, 2.45) is 0 Å². The Morgan fingerprint density at radius 3 is 2.95 bits per heavy atom. The van der Waals surface area contributed by atoms with Gasteiger partial charge in [-0.2, -0.15) is 0 Å². The second-order valence-electron chi connectivity index (χ2n) is 5.15. The van der Waals surface area contributed by atoms with Crippen molar-refractivity contribution < 1.29 is 4.39 Å². The van der Waals surface area contributed by atoms with Crippen LogP contribution in [0.4, 0.5) is 4.39 Å². The van der Waals surface area contributed by atoms with Gasteiger partial charge in [0.25, 0.3) is 5.56 Å². The van der Waals surface area contributed by atoms with Gasteiger partial charge < -0.3 is 10.3 Å². The van der Waals surface area contributed by atoms with E-state index in [9.17, 15) is 14.0 Å². The highest BCUT2D eigenvalue weighted by Gasteiger charge is 2.19. The lowest BCUT2D eigenvalue weighted by atomic mass is 10.1. The van der Waals surface area contributed by atoms with E-state index in [4.69, 9.17) is 0 Å². The molecular formula is C14H16FN3O2. The monoisotopic (exact) mass is 277 g/mol. The van der Waals surface area contributed by atoms with Gasteiger partial charge in [-0.15, -0.1) is 0 Å². The van der Waals surface area contributed by atoms with E-state index >= 15 is 0 Å². The van der Waals surface area contributed by atoms with Gasteiger partial charge in [0.05, 0.1) is 16.9 Å². The number of nitrogens with one attached hydrogen (secondary N) is 2. The summed E-state index contributed by atoms with van der Waals surface area (Å²) in [5.74, 6) is -0.479. The van der Waals surface area contributed by atoms with Gasteiger partial charge in [0.2, 0.25) is 0 Å². The Kier molecular flexibility index (Phi) is 3.40. The maximum absolute atomic E-state index is 13.3. The lowest BCUT2D eigenvalue weighted by Gasteiger charge is -2.17. The van der Waals surface area contributed by atoms with Crippen molar-refractivity contribution in [2.45, 2.75) is 25.3 Å². The molecule has 20 heavy (non-hydrogen) atoms. The van der Waals surface area contributed by atoms with E-state index in [1.54, 1.807) is 0 Å². The second kappa shape index (κ2) is 5.20. The summed E-state index contributed by atoms with van der Waals surface area (Å²) in [5, 5.41) is 3.44. The zero-order valence-electron chi connectivity index (χ0n) is 11.0. The molecule has 2 heterocycles. The summed E-state index contributed by atoms with van der Waals surface area (Å²) in [5.41, 5.74) is -0.473. The predicted octanol–water partition coefficient (Wildman–Crippen LogP) is 1.14. The van der Waals surface area contributed by atoms with Gasteiger partial charge in [-0.25, -0.2) is 9.18 Å². The molecule has 1 aromatic heterocycles. The molecule has 0 bridgehead atoms. The summed E-state index contributed by atoms with van der Waals surface area (Å²) in [4.78, 5) is 27.3. The van der Waals surface area contributed by atoms with E-state index in [0.29, 0.717) is 12.1 Å². The van der Waals surface area contributed by atoms with Crippen molar-refractivity contribution in [3.8, 4) is 0 Å². The zero-order chi connectivity index (χ0) is 14.1. The molecule has 3 rings (SSSR count). The van der Waals surface area contributed by atoms with Crippen LogP contribution < -0.4 is 16.6 Å². The van der Waals surface area contributed by atoms with Crippen molar-refractivity contribution in [1.29, 1.82) is 0 Å². The quantitative estimate of drug-likeness (QED) is 0.821. The average molecular weight is 277 g/mol. The van der Waals surface area contributed by atoms with Crippen molar-refractivity contribution in [1.82, 2.24) is 14.9 Å². The number of rotatable bonds is 1. The van der Waals surface area contributed by atoms with Crippen LogP contribution in [0, 0.1) is 5.82 Å². The number of halogens is 1. The largest absolute Gasteiger partial charge is 0.329 e. The fourth-order valence-corrected chi connectivity index (χ4v) is 2.75. The van der Waals surface area contributed by atoms with Gasteiger partial charge in [-0.3, -0.25) is 9.36 Å². The molecule has 106 valence electrons. The maximum atomic E-state index is 13.3. The van der Waals surface area contributed by atoms with Gasteiger partial charge >= 0.3 is 5.69 Å². The van der Waals surface area contributed by atoms with E-state index in [1.165, 1.54) is 22.8 Å². The molecule has 1 unspecified atom stereocenters. The van der Waals surface area contributed by atoms with Crippen LogP contribution in [0.2, 0.25) is 0 Å². The van der Waals surface area contributed by atoms with Crippen LogP contribution in [0.5, 0.6) is 0 Å². The van der Waals surface area contributed by atoms with Gasteiger partial charge in [-0.05, 0) is 37.6 Å². The molecular weight excluding hydrogens is 261 g/mol. The van der Waals surface area contributed by atoms with E-state index in [0.717, 1.165) is 25.8 Å². The third-order valence-electron chi connectivity index (χ3n) is 3.78. The number of fused-ring (bicyclic) bond motifs is 1. The highest BCUT2D eigenvalue weighted by molar-refractivity contribution is 5.77. The highest BCUT2D eigenvalue weighted by atomic mass is 19.1. The van der Waals surface area contributed by atoms with Crippen molar-refractivity contribution in [3.05, 3.63) is 44.9 Å². The average Bonchev–Trinajstić information content (AvgIpc) is 2.69. The number of nitrogens with zero attached hydrogens (tertiary/aromatic N) is 1. The third-order valence-corrected chi connectivity index (χ3v) is 3.78. The summed E-state index contributed by atoms with van der Waals surface area (Å²) in [7, 11) is 0. The fraction of sp³-hybridized carbons (Fsp3) is 0.429. The molecule has 1 atom stereocenters. The lowest BCUT2D eigenvalue weighted by Crippen LogP contribution is -2.41. The Hall–Kier alpha value is -1.95.